The SMILES string of the molecule is Cn1cccc1[C@@H]1[C@H](c2ccccn2)NC(=S)N1Cc1cccnc1. The second-order valence-electron chi connectivity index (χ2n) is 6.16. The number of pyridine rings is 2. The third-order valence-electron chi connectivity index (χ3n) is 4.56. The van der Waals surface area contributed by atoms with Gasteiger partial charge in [0.15, 0.2) is 5.11 Å². The molecule has 3 aromatic heterocycles. The fourth-order valence-electron chi connectivity index (χ4n) is 3.37. The second-order valence-corrected chi connectivity index (χ2v) is 6.55. The van der Waals surface area contributed by atoms with Crippen LogP contribution in [0.1, 0.15) is 29.0 Å². The predicted molar refractivity (Wildman–Crippen MR) is 101 cm³/mol. The van der Waals surface area contributed by atoms with Gasteiger partial charge in [-0.3, -0.25) is 9.97 Å². The summed E-state index contributed by atoms with van der Waals surface area (Å²) in [7, 11) is 2.06. The standard InChI is InChI=1S/C19H19N5S/c1-23-11-5-8-16(23)18-17(15-7-2-3-10-21-15)22-19(25)24(18)13-14-6-4-9-20-12-14/h2-12,17-18H,13H2,1H3,(H,22,25)/t17-,18+/m0/s1. The molecule has 1 N–H and O–H groups in total. The first-order valence-corrected chi connectivity index (χ1v) is 8.63. The minimum absolute atomic E-state index is 0.0129. The van der Waals surface area contributed by atoms with Crippen LogP contribution >= 0.6 is 12.2 Å². The summed E-state index contributed by atoms with van der Waals surface area (Å²) >= 11 is 5.67. The highest BCUT2D eigenvalue weighted by Crippen LogP contribution is 2.39. The number of thiocarbonyl (C=S) groups is 1. The van der Waals surface area contributed by atoms with Gasteiger partial charge in [0.05, 0.1) is 17.8 Å². The first-order valence-electron chi connectivity index (χ1n) is 8.22. The monoisotopic (exact) mass is 349 g/mol. The number of hydrogen-bond acceptors (Lipinski definition) is 3. The van der Waals surface area contributed by atoms with E-state index in [1.54, 1.807) is 6.20 Å². The van der Waals surface area contributed by atoms with Crippen molar-refractivity contribution >= 4 is 17.3 Å². The largest absolute Gasteiger partial charge is 0.353 e. The van der Waals surface area contributed by atoms with Gasteiger partial charge in [-0.1, -0.05) is 12.1 Å². The van der Waals surface area contributed by atoms with Crippen LogP contribution < -0.4 is 5.32 Å². The third-order valence-corrected chi connectivity index (χ3v) is 4.91. The van der Waals surface area contributed by atoms with Crippen LogP contribution in [0.2, 0.25) is 0 Å². The Kier molecular flexibility index (Phi) is 4.19. The minimum atomic E-state index is 0.0129. The van der Waals surface area contributed by atoms with Crippen LogP contribution in [0, 0.1) is 0 Å². The topological polar surface area (TPSA) is 46.0 Å². The lowest BCUT2D eigenvalue weighted by Gasteiger charge is -2.28. The fraction of sp³-hybridized carbons (Fsp3) is 0.211. The zero-order valence-corrected chi connectivity index (χ0v) is 14.7. The van der Waals surface area contributed by atoms with Gasteiger partial charge in [-0.2, -0.15) is 0 Å². The van der Waals surface area contributed by atoms with Crippen molar-refractivity contribution < 1.29 is 0 Å². The van der Waals surface area contributed by atoms with Gasteiger partial charge < -0.3 is 14.8 Å². The van der Waals surface area contributed by atoms with Gasteiger partial charge in [-0.05, 0) is 48.1 Å². The van der Waals surface area contributed by atoms with E-state index in [0.29, 0.717) is 6.54 Å². The third kappa shape index (κ3) is 3.00. The molecule has 1 aliphatic rings. The molecule has 0 radical (unpaired) electrons. The van der Waals surface area contributed by atoms with Crippen LogP contribution in [-0.4, -0.2) is 24.5 Å². The molecule has 0 amide bonds. The van der Waals surface area contributed by atoms with Crippen molar-refractivity contribution in [3.63, 3.8) is 0 Å². The summed E-state index contributed by atoms with van der Waals surface area (Å²) in [5.41, 5.74) is 3.32. The van der Waals surface area contributed by atoms with E-state index >= 15 is 0 Å². The number of nitrogens with zero attached hydrogens (tertiary/aromatic N) is 4. The lowest BCUT2D eigenvalue weighted by atomic mass is 10.0. The summed E-state index contributed by atoms with van der Waals surface area (Å²) in [5.74, 6) is 0. The highest BCUT2D eigenvalue weighted by Gasteiger charge is 2.40. The van der Waals surface area contributed by atoms with E-state index in [0.717, 1.165) is 16.4 Å². The maximum Gasteiger partial charge on any atom is 0.170 e. The quantitative estimate of drug-likeness (QED) is 0.734. The van der Waals surface area contributed by atoms with Gasteiger partial charge in [-0.25, -0.2) is 0 Å². The molecule has 25 heavy (non-hydrogen) atoms. The molecule has 3 aromatic rings. The molecule has 2 atom stereocenters. The van der Waals surface area contributed by atoms with E-state index < -0.39 is 0 Å². The molecule has 0 aliphatic carbocycles. The Morgan fingerprint density at radius 2 is 2.04 bits per heavy atom. The van der Waals surface area contributed by atoms with Crippen molar-refractivity contribution in [2.45, 2.75) is 18.6 Å². The van der Waals surface area contributed by atoms with Gasteiger partial charge in [0.25, 0.3) is 0 Å². The first-order chi connectivity index (χ1) is 12.2. The summed E-state index contributed by atoms with van der Waals surface area (Å²) in [4.78, 5) is 11.0. The molecule has 5 nitrogen and oxygen atoms in total. The van der Waals surface area contributed by atoms with Gasteiger partial charge in [0, 0.05) is 44.1 Å². The Morgan fingerprint density at radius 3 is 2.72 bits per heavy atom. The molecule has 0 saturated carbocycles. The summed E-state index contributed by atoms with van der Waals surface area (Å²) in [6.45, 7) is 0.707. The molecular formula is C19H19N5S. The van der Waals surface area contributed by atoms with Crippen molar-refractivity contribution in [3.8, 4) is 0 Å². The van der Waals surface area contributed by atoms with Crippen molar-refractivity contribution in [2.75, 3.05) is 0 Å². The van der Waals surface area contributed by atoms with Crippen molar-refractivity contribution in [3.05, 3.63) is 84.2 Å². The van der Waals surface area contributed by atoms with E-state index in [2.05, 4.69) is 56.2 Å². The lowest BCUT2D eigenvalue weighted by molar-refractivity contribution is 0.299. The fourth-order valence-corrected chi connectivity index (χ4v) is 3.67. The summed E-state index contributed by atoms with van der Waals surface area (Å²) < 4.78 is 2.15. The van der Waals surface area contributed by atoms with Gasteiger partial charge in [-0.15, -0.1) is 0 Å². The normalized spacial score (nSPS) is 19.9. The predicted octanol–water partition coefficient (Wildman–Crippen LogP) is 2.99. The highest BCUT2D eigenvalue weighted by atomic mass is 32.1. The molecule has 6 heteroatoms. The molecule has 0 aromatic carbocycles. The van der Waals surface area contributed by atoms with E-state index in [1.165, 1.54) is 5.69 Å². The van der Waals surface area contributed by atoms with Gasteiger partial charge in [0.1, 0.15) is 0 Å². The van der Waals surface area contributed by atoms with Gasteiger partial charge >= 0.3 is 0 Å². The Labute approximate surface area is 152 Å². The summed E-state index contributed by atoms with van der Waals surface area (Å²) in [6.07, 6.45) is 7.56. The molecule has 126 valence electrons. The summed E-state index contributed by atoms with van der Waals surface area (Å²) in [6, 6.07) is 14.3. The molecule has 0 bridgehead atoms. The van der Waals surface area contributed by atoms with E-state index in [9.17, 15) is 0 Å². The summed E-state index contributed by atoms with van der Waals surface area (Å²) in [5, 5.41) is 4.21. The number of nitrogens with one attached hydrogen (secondary N) is 1. The van der Waals surface area contributed by atoms with Crippen LogP contribution in [0.5, 0.6) is 0 Å². The average molecular weight is 349 g/mol. The Bertz CT molecular complexity index is 862. The smallest absolute Gasteiger partial charge is 0.170 e. The number of aromatic nitrogens is 3. The van der Waals surface area contributed by atoms with Crippen LogP contribution in [0.15, 0.2) is 67.3 Å². The maximum absolute atomic E-state index is 5.67. The minimum Gasteiger partial charge on any atom is -0.353 e. The van der Waals surface area contributed by atoms with Crippen LogP contribution in [0.4, 0.5) is 0 Å². The van der Waals surface area contributed by atoms with E-state index in [-0.39, 0.29) is 12.1 Å². The number of hydrogen-bond donors (Lipinski definition) is 1. The molecule has 1 saturated heterocycles. The van der Waals surface area contributed by atoms with Crippen molar-refractivity contribution in [2.24, 2.45) is 7.05 Å². The zero-order chi connectivity index (χ0) is 17.2. The molecule has 0 spiro atoms. The highest BCUT2D eigenvalue weighted by molar-refractivity contribution is 7.80. The Balaban J connectivity index is 1.74. The first kappa shape index (κ1) is 15.8. The Morgan fingerprint density at radius 1 is 1.12 bits per heavy atom. The van der Waals surface area contributed by atoms with E-state index in [1.807, 2.05) is 36.7 Å². The molecule has 4 rings (SSSR count). The molecule has 1 aliphatic heterocycles. The average Bonchev–Trinajstić information content (AvgIpc) is 3.20. The lowest BCUT2D eigenvalue weighted by Crippen LogP contribution is -2.29. The second kappa shape index (κ2) is 6.64. The maximum atomic E-state index is 5.67. The van der Waals surface area contributed by atoms with Crippen LogP contribution in [0.3, 0.4) is 0 Å². The molecule has 0 unspecified atom stereocenters. The zero-order valence-electron chi connectivity index (χ0n) is 13.9. The van der Waals surface area contributed by atoms with E-state index in [4.69, 9.17) is 12.2 Å². The molecule has 1 fully saturated rings. The number of aryl methyl sites for hydroxylation is 1. The Hall–Kier alpha value is -2.73. The number of rotatable bonds is 4. The van der Waals surface area contributed by atoms with Crippen LogP contribution in [0.25, 0.3) is 0 Å². The molecule has 4 heterocycles. The van der Waals surface area contributed by atoms with Gasteiger partial charge in [0.2, 0.25) is 0 Å². The molecular weight excluding hydrogens is 330 g/mol. The van der Waals surface area contributed by atoms with Crippen molar-refractivity contribution in [1.29, 1.82) is 0 Å². The van der Waals surface area contributed by atoms with Crippen LogP contribution in [-0.2, 0) is 13.6 Å². The van der Waals surface area contributed by atoms with Crippen molar-refractivity contribution in [1.82, 2.24) is 24.8 Å².